The summed E-state index contributed by atoms with van der Waals surface area (Å²) in [5, 5.41) is 24.2. The number of fused-ring (bicyclic) bond motifs is 11. The Morgan fingerprint density at radius 1 is 0.229 bits per heavy atom. The van der Waals surface area contributed by atoms with Gasteiger partial charge in [0.15, 0.2) is 0 Å². The molecule has 70 heavy (non-hydrogen) atoms. The Morgan fingerprint density at radius 2 is 0.614 bits per heavy atom. The average Bonchev–Trinajstić information content (AvgIpc) is 4.07. The summed E-state index contributed by atoms with van der Waals surface area (Å²) in [5.41, 5.74) is 18.9. The zero-order chi connectivity index (χ0) is 45.9. The fourth-order valence-corrected chi connectivity index (χ4v) is 13.9. The fraction of sp³-hybridized carbons (Fsp3) is 0.0571. The molecule has 0 radical (unpaired) electrons. The van der Waals surface area contributed by atoms with Crippen LogP contribution in [-0.2, 0) is 12.8 Å². The maximum Gasteiger partial charge on any atom is -0.000717 e. The molecule has 0 heterocycles. The number of hydrogen-bond acceptors (Lipinski definition) is 0. The molecule has 0 N–H and O–H groups in total. The van der Waals surface area contributed by atoms with Crippen LogP contribution >= 0.6 is 0 Å². The molecule has 0 saturated heterocycles. The van der Waals surface area contributed by atoms with Crippen LogP contribution in [0.1, 0.15) is 25.0 Å². The lowest BCUT2D eigenvalue weighted by Crippen LogP contribution is -1.97. The maximum absolute atomic E-state index is 2.51. The van der Waals surface area contributed by atoms with E-state index in [2.05, 4.69) is 220 Å². The Kier molecular flexibility index (Phi) is 7.68. The van der Waals surface area contributed by atoms with Crippen LogP contribution in [0.15, 0.2) is 206 Å². The molecular formula is C70H44. The molecule has 1 aliphatic rings. The average molecular weight is 885 g/mol. The van der Waals surface area contributed by atoms with Crippen molar-refractivity contribution in [2.24, 2.45) is 0 Å². The second-order valence-electron chi connectivity index (χ2n) is 19.8. The van der Waals surface area contributed by atoms with Gasteiger partial charge in [-0.15, -0.1) is 0 Å². The van der Waals surface area contributed by atoms with E-state index in [0.29, 0.717) is 0 Å². The standard InChI is InChI=1S/C70H44/c1-3-39-38-57(41-20-11-6-12-21-41)44(4-2)62-52-35-37-56-66-55(36-34-51(58(39)62)64(52)66)69-59(42-22-13-7-14-23-42)68-54-33-31-50-48-29-28-45(40-18-9-5-10-19-40)46-26-17-27-47(61(46)48)49-30-32-53(65(54)63(49)50)67(68)60(70(56)69)43-24-15-8-16-25-43/h5-38H,3-4H2,1-2H3. The third-order valence-electron chi connectivity index (χ3n) is 16.6. The van der Waals surface area contributed by atoms with Gasteiger partial charge in [-0.3, -0.25) is 0 Å². The molecule has 324 valence electrons. The van der Waals surface area contributed by atoms with Gasteiger partial charge in [-0.2, -0.15) is 0 Å². The molecule has 0 fully saturated rings. The van der Waals surface area contributed by atoms with Crippen molar-refractivity contribution in [3.63, 3.8) is 0 Å². The highest BCUT2D eigenvalue weighted by molar-refractivity contribution is 6.50. The molecule has 0 unspecified atom stereocenters. The molecule has 0 saturated carbocycles. The summed E-state index contributed by atoms with van der Waals surface area (Å²) in [7, 11) is 0. The topological polar surface area (TPSA) is 0 Å². The molecule has 0 aliphatic heterocycles. The van der Waals surface area contributed by atoms with Crippen molar-refractivity contribution in [3.05, 3.63) is 217 Å². The lowest BCUT2D eigenvalue weighted by Gasteiger charge is -2.19. The minimum absolute atomic E-state index is 0.966. The molecule has 15 aromatic rings. The SMILES string of the molecule is CCc1cc(-c2ccccc2)c(CC)c2c1-c1ccc3c4c(-c5ccccc5)c5c6ccc7c8ccc(-c9ccccc9)c9cccc(c%10ccc(c5c(-c5ccccc5)c4c4ccc-2c1c34)c6c7%10)c98. The first-order valence-electron chi connectivity index (χ1n) is 25.1. The summed E-state index contributed by atoms with van der Waals surface area (Å²) in [4.78, 5) is 0. The third-order valence-corrected chi connectivity index (χ3v) is 16.6. The molecule has 0 bridgehead atoms. The monoisotopic (exact) mass is 884 g/mol. The Morgan fingerprint density at radius 3 is 1.14 bits per heavy atom. The van der Waals surface area contributed by atoms with Gasteiger partial charge in [0.2, 0.25) is 0 Å². The maximum atomic E-state index is 2.51. The molecule has 0 amide bonds. The van der Waals surface area contributed by atoms with Crippen molar-refractivity contribution in [1.29, 1.82) is 0 Å². The van der Waals surface area contributed by atoms with Crippen molar-refractivity contribution in [1.82, 2.24) is 0 Å². The summed E-state index contributed by atoms with van der Waals surface area (Å²) in [6.07, 6.45) is 1.94. The van der Waals surface area contributed by atoms with Gasteiger partial charge in [0.25, 0.3) is 0 Å². The zero-order valence-electron chi connectivity index (χ0n) is 39.0. The molecule has 0 atom stereocenters. The second kappa shape index (κ2) is 14.0. The Labute approximate surface area is 405 Å². The van der Waals surface area contributed by atoms with Crippen LogP contribution < -0.4 is 0 Å². The lowest BCUT2D eigenvalue weighted by molar-refractivity contribution is 1.11. The predicted molar refractivity (Wildman–Crippen MR) is 302 cm³/mol. The third kappa shape index (κ3) is 4.76. The summed E-state index contributed by atoms with van der Waals surface area (Å²) < 4.78 is 0. The van der Waals surface area contributed by atoms with Crippen LogP contribution in [0.5, 0.6) is 0 Å². The summed E-state index contributed by atoms with van der Waals surface area (Å²) in [6, 6.07) is 78.6. The minimum atomic E-state index is 0.966. The highest BCUT2D eigenvalue weighted by Gasteiger charge is 2.33. The lowest BCUT2D eigenvalue weighted by atomic mass is 9.85. The summed E-state index contributed by atoms with van der Waals surface area (Å²) in [5.74, 6) is 0. The van der Waals surface area contributed by atoms with Gasteiger partial charge in [0.05, 0.1) is 0 Å². The van der Waals surface area contributed by atoms with Crippen molar-refractivity contribution >= 4 is 97.0 Å². The van der Waals surface area contributed by atoms with E-state index < -0.39 is 0 Å². The first-order chi connectivity index (χ1) is 34.7. The first-order valence-corrected chi connectivity index (χ1v) is 25.1. The quantitative estimate of drug-likeness (QED) is 0.115. The van der Waals surface area contributed by atoms with Gasteiger partial charge in [0.1, 0.15) is 0 Å². The van der Waals surface area contributed by atoms with Crippen LogP contribution in [0.4, 0.5) is 0 Å². The van der Waals surface area contributed by atoms with E-state index in [1.807, 2.05) is 0 Å². The van der Waals surface area contributed by atoms with Gasteiger partial charge in [-0.25, -0.2) is 0 Å². The van der Waals surface area contributed by atoms with Crippen LogP contribution in [0.2, 0.25) is 0 Å². The molecule has 0 nitrogen and oxygen atoms in total. The molecule has 15 aromatic carbocycles. The molecule has 0 aromatic heterocycles. The molecule has 16 rings (SSSR count). The van der Waals surface area contributed by atoms with Gasteiger partial charge in [-0.1, -0.05) is 220 Å². The van der Waals surface area contributed by atoms with E-state index in [1.54, 1.807) is 0 Å². The first kappa shape index (κ1) is 38.4. The number of aryl methyl sites for hydroxylation is 1. The van der Waals surface area contributed by atoms with E-state index in [4.69, 9.17) is 0 Å². The summed E-state index contributed by atoms with van der Waals surface area (Å²) in [6.45, 7) is 4.67. The van der Waals surface area contributed by atoms with Crippen LogP contribution in [-0.4, -0.2) is 0 Å². The fourth-order valence-electron chi connectivity index (χ4n) is 13.9. The normalized spacial score (nSPS) is 12.5. The Bertz CT molecular complexity index is 4510. The van der Waals surface area contributed by atoms with E-state index >= 15 is 0 Å². The number of rotatable bonds is 6. The molecule has 0 spiro atoms. The van der Waals surface area contributed by atoms with E-state index in [0.717, 1.165) is 12.8 Å². The van der Waals surface area contributed by atoms with Crippen LogP contribution in [0.3, 0.4) is 0 Å². The predicted octanol–water partition coefficient (Wildman–Crippen LogP) is 19.8. The smallest absolute Gasteiger partial charge is 0.000717 e. The highest BCUT2D eigenvalue weighted by Crippen LogP contribution is 2.61. The van der Waals surface area contributed by atoms with Gasteiger partial charge in [0, 0.05) is 0 Å². The Balaban J connectivity index is 1.09. The van der Waals surface area contributed by atoms with Crippen molar-refractivity contribution in [2.75, 3.05) is 0 Å². The van der Waals surface area contributed by atoms with Crippen molar-refractivity contribution in [3.8, 4) is 66.8 Å². The number of benzene rings is 13. The van der Waals surface area contributed by atoms with Crippen molar-refractivity contribution in [2.45, 2.75) is 26.7 Å². The minimum Gasteiger partial charge on any atom is -0.0622 e. The Hall–Kier alpha value is -8.58. The van der Waals surface area contributed by atoms with E-state index in [9.17, 15) is 0 Å². The second-order valence-corrected chi connectivity index (χ2v) is 19.8. The summed E-state index contributed by atoms with van der Waals surface area (Å²) >= 11 is 0. The molecule has 0 heteroatoms. The van der Waals surface area contributed by atoms with Crippen molar-refractivity contribution < 1.29 is 0 Å². The molecule has 1 aliphatic carbocycles. The largest absolute Gasteiger partial charge is 0.0622 e. The molecular weight excluding hydrogens is 841 g/mol. The van der Waals surface area contributed by atoms with E-state index in [1.165, 1.54) is 175 Å². The van der Waals surface area contributed by atoms with Gasteiger partial charge >= 0.3 is 0 Å². The van der Waals surface area contributed by atoms with E-state index in [-0.39, 0.29) is 0 Å². The van der Waals surface area contributed by atoms with Gasteiger partial charge < -0.3 is 0 Å². The van der Waals surface area contributed by atoms with Crippen LogP contribution in [0.25, 0.3) is 164 Å². The number of hydrogen-bond donors (Lipinski definition) is 0. The zero-order valence-corrected chi connectivity index (χ0v) is 39.0. The van der Waals surface area contributed by atoms with Gasteiger partial charge in [-0.05, 0) is 188 Å². The highest BCUT2D eigenvalue weighted by atomic mass is 14.4. The van der Waals surface area contributed by atoms with Crippen LogP contribution in [0, 0.1) is 0 Å².